The lowest BCUT2D eigenvalue weighted by Crippen LogP contribution is -2.13. The SMILES string of the molecule is Nc1cc(NCc2ccncc2)cc(S(N)(=O)=O)c1. The molecule has 0 saturated carbocycles. The maximum absolute atomic E-state index is 11.3. The van der Waals surface area contributed by atoms with Crippen LogP contribution in [0.25, 0.3) is 0 Å². The third kappa shape index (κ3) is 3.67. The predicted octanol–water partition coefficient (Wildman–Crippen LogP) is 0.923. The van der Waals surface area contributed by atoms with Gasteiger partial charge in [-0.25, -0.2) is 13.6 Å². The fraction of sp³-hybridized carbons (Fsp3) is 0.0833. The molecule has 19 heavy (non-hydrogen) atoms. The molecule has 0 saturated heterocycles. The molecule has 1 aromatic heterocycles. The number of aromatic nitrogens is 1. The molecule has 2 aromatic rings. The number of sulfonamides is 1. The number of nitrogens with two attached hydrogens (primary N) is 2. The summed E-state index contributed by atoms with van der Waals surface area (Å²) in [5.41, 5.74) is 7.61. The van der Waals surface area contributed by atoms with Crippen LogP contribution in [0.15, 0.2) is 47.6 Å². The Hall–Kier alpha value is -2.12. The molecule has 0 radical (unpaired) electrons. The van der Waals surface area contributed by atoms with Crippen molar-refractivity contribution in [2.75, 3.05) is 11.1 Å². The standard InChI is InChI=1S/C12H14N4O2S/c13-10-5-11(7-12(6-10)19(14,17)18)16-8-9-1-3-15-4-2-9/h1-7,16H,8,13H2,(H2,14,17,18). The van der Waals surface area contributed by atoms with Gasteiger partial charge in [-0.1, -0.05) is 0 Å². The van der Waals surface area contributed by atoms with Gasteiger partial charge in [0.05, 0.1) is 4.90 Å². The highest BCUT2D eigenvalue weighted by molar-refractivity contribution is 7.89. The van der Waals surface area contributed by atoms with Crippen LogP contribution in [0.2, 0.25) is 0 Å². The summed E-state index contributed by atoms with van der Waals surface area (Å²) in [6.45, 7) is 0.538. The number of nitrogens with one attached hydrogen (secondary N) is 1. The molecule has 2 rings (SSSR count). The zero-order chi connectivity index (χ0) is 13.9. The highest BCUT2D eigenvalue weighted by Crippen LogP contribution is 2.20. The number of primary sulfonamides is 1. The van der Waals surface area contributed by atoms with Crippen molar-refractivity contribution >= 4 is 21.4 Å². The van der Waals surface area contributed by atoms with Crippen LogP contribution in [-0.2, 0) is 16.6 Å². The van der Waals surface area contributed by atoms with E-state index in [9.17, 15) is 8.42 Å². The molecule has 0 amide bonds. The van der Waals surface area contributed by atoms with Crippen molar-refractivity contribution in [1.82, 2.24) is 4.98 Å². The number of hydrogen-bond acceptors (Lipinski definition) is 5. The number of anilines is 2. The Morgan fingerprint density at radius 2 is 1.84 bits per heavy atom. The van der Waals surface area contributed by atoms with Crippen LogP contribution in [0.3, 0.4) is 0 Å². The summed E-state index contributed by atoms with van der Waals surface area (Å²) in [5.74, 6) is 0. The van der Waals surface area contributed by atoms with E-state index < -0.39 is 10.0 Å². The molecule has 0 aliphatic rings. The minimum Gasteiger partial charge on any atom is -0.399 e. The Morgan fingerprint density at radius 3 is 2.47 bits per heavy atom. The van der Waals surface area contributed by atoms with E-state index in [0.29, 0.717) is 17.9 Å². The van der Waals surface area contributed by atoms with Gasteiger partial charge in [-0.3, -0.25) is 4.98 Å². The Bertz CT molecular complexity index is 671. The molecule has 0 atom stereocenters. The summed E-state index contributed by atoms with van der Waals surface area (Å²) in [6.07, 6.45) is 3.37. The second kappa shape index (κ2) is 5.25. The van der Waals surface area contributed by atoms with Crippen molar-refractivity contribution in [1.29, 1.82) is 0 Å². The highest BCUT2D eigenvalue weighted by atomic mass is 32.2. The van der Waals surface area contributed by atoms with E-state index in [-0.39, 0.29) is 4.90 Å². The zero-order valence-corrected chi connectivity index (χ0v) is 10.9. The Balaban J connectivity index is 2.19. The molecular weight excluding hydrogens is 264 g/mol. The quantitative estimate of drug-likeness (QED) is 0.720. The molecular formula is C12H14N4O2S. The monoisotopic (exact) mass is 278 g/mol. The number of benzene rings is 1. The highest BCUT2D eigenvalue weighted by Gasteiger charge is 2.09. The smallest absolute Gasteiger partial charge is 0.238 e. The average molecular weight is 278 g/mol. The first kappa shape index (κ1) is 13.3. The molecule has 0 fully saturated rings. The molecule has 0 spiro atoms. The summed E-state index contributed by atoms with van der Waals surface area (Å²) in [5, 5.41) is 8.17. The molecule has 0 bridgehead atoms. The van der Waals surface area contributed by atoms with Crippen LogP contribution in [-0.4, -0.2) is 13.4 Å². The predicted molar refractivity (Wildman–Crippen MR) is 73.8 cm³/mol. The Kier molecular flexibility index (Phi) is 3.68. The molecule has 0 aliphatic heterocycles. The minimum absolute atomic E-state index is 0.00951. The second-order valence-electron chi connectivity index (χ2n) is 4.04. The van der Waals surface area contributed by atoms with Crippen LogP contribution in [0.1, 0.15) is 5.56 Å². The van der Waals surface area contributed by atoms with Crippen molar-refractivity contribution in [3.63, 3.8) is 0 Å². The van der Waals surface area contributed by atoms with E-state index in [1.807, 2.05) is 12.1 Å². The summed E-state index contributed by atoms with van der Waals surface area (Å²) in [7, 11) is -3.76. The molecule has 5 N–H and O–H groups in total. The van der Waals surface area contributed by atoms with E-state index in [4.69, 9.17) is 10.9 Å². The van der Waals surface area contributed by atoms with Gasteiger partial charge in [-0.05, 0) is 35.9 Å². The topological polar surface area (TPSA) is 111 Å². The van der Waals surface area contributed by atoms with E-state index in [0.717, 1.165) is 5.56 Å². The van der Waals surface area contributed by atoms with Crippen LogP contribution in [0.4, 0.5) is 11.4 Å². The molecule has 6 nitrogen and oxygen atoms in total. The lowest BCUT2D eigenvalue weighted by Gasteiger charge is -2.09. The number of hydrogen-bond donors (Lipinski definition) is 3. The van der Waals surface area contributed by atoms with Crippen molar-refractivity contribution in [3.05, 3.63) is 48.3 Å². The zero-order valence-electron chi connectivity index (χ0n) is 10.1. The van der Waals surface area contributed by atoms with E-state index in [2.05, 4.69) is 10.3 Å². The van der Waals surface area contributed by atoms with E-state index >= 15 is 0 Å². The Morgan fingerprint density at radius 1 is 1.16 bits per heavy atom. The number of nitrogen functional groups attached to an aromatic ring is 1. The molecule has 0 unspecified atom stereocenters. The van der Waals surface area contributed by atoms with Crippen molar-refractivity contribution in [3.8, 4) is 0 Å². The number of nitrogens with zero attached hydrogens (tertiary/aromatic N) is 1. The summed E-state index contributed by atoms with van der Waals surface area (Å²) in [6, 6.07) is 8.15. The summed E-state index contributed by atoms with van der Waals surface area (Å²) >= 11 is 0. The minimum atomic E-state index is -3.76. The van der Waals surface area contributed by atoms with Crippen LogP contribution < -0.4 is 16.2 Å². The number of pyridine rings is 1. The Labute approximate surface area is 111 Å². The third-order valence-electron chi connectivity index (χ3n) is 2.50. The first-order chi connectivity index (χ1) is 8.95. The summed E-state index contributed by atoms with van der Waals surface area (Å²) < 4.78 is 22.6. The third-order valence-corrected chi connectivity index (χ3v) is 3.40. The van der Waals surface area contributed by atoms with Crippen molar-refractivity contribution < 1.29 is 8.42 Å². The molecule has 7 heteroatoms. The van der Waals surface area contributed by atoms with Gasteiger partial charge >= 0.3 is 0 Å². The van der Waals surface area contributed by atoms with Gasteiger partial charge in [0.15, 0.2) is 0 Å². The second-order valence-corrected chi connectivity index (χ2v) is 5.61. The molecule has 1 aromatic carbocycles. The molecule has 0 aliphatic carbocycles. The van der Waals surface area contributed by atoms with Gasteiger partial charge in [0.25, 0.3) is 0 Å². The maximum atomic E-state index is 11.3. The normalized spacial score (nSPS) is 11.2. The first-order valence-corrected chi connectivity index (χ1v) is 7.06. The van der Waals surface area contributed by atoms with Gasteiger partial charge in [0.2, 0.25) is 10.0 Å². The van der Waals surface area contributed by atoms with Crippen molar-refractivity contribution in [2.24, 2.45) is 5.14 Å². The first-order valence-electron chi connectivity index (χ1n) is 5.51. The fourth-order valence-electron chi connectivity index (χ4n) is 1.59. The van der Waals surface area contributed by atoms with Crippen molar-refractivity contribution in [2.45, 2.75) is 11.4 Å². The van der Waals surface area contributed by atoms with E-state index in [1.165, 1.54) is 12.1 Å². The molecule has 100 valence electrons. The van der Waals surface area contributed by atoms with Gasteiger partial charge in [-0.2, -0.15) is 0 Å². The van der Waals surface area contributed by atoms with E-state index in [1.54, 1.807) is 18.5 Å². The lowest BCUT2D eigenvalue weighted by molar-refractivity contribution is 0.598. The lowest BCUT2D eigenvalue weighted by atomic mass is 10.2. The van der Waals surface area contributed by atoms with Crippen LogP contribution in [0.5, 0.6) is 0 Å². The van der Waals surface area contributed by atoms with Gasteiger partial charge in [0.1, 0.15) is 0 Å². The van der Waals surface area contributed by atoms with Gasteiger partial charge < -0.3 is 11.1 Å². The van der Waals surface area contributed by atoms with Crippen LogP contribution in [0, 0.1) is 0 Å². The van der Waals surface area contributed by atoms with Gasteiger partial charge in [-0.15, -0.1) is 0 Å². The molecule has 1 heterocycles. The fourth-order valence-corrected chi connectivity index (χ4v) is 2.18. The average Bonchev–Trinajstić information content (AvgIpc) is 2.36. The maximum Gasteiger partial charge on any atom is 0.238 e. The number of rotatable bonds is 4. The summed E-state index contributed by atoms with van der Waals surface area (Å²) in [4.78, 5) is 3.91. The largest absolute Gasteiger partial charge is 0.399 e. The van der Waals surface area contributed by atoms with Gasteiger partial charge in [0, 0.05) is 30.3 Å². The van der Waals surface area contributed by atoms with Crippen LogP contribution >= 0.6 is 0 Å².